The number of hydrogen-bond acceptors (Lipinski definition) is 15. The van der Waals surface area contributed by atoms with Crippen molar-refractivity contribution in [3.63, 3.8) is 0 Å². The Morgan fingerprint density at radius 3 is 0.755 bits per heavy atom. The van der Waals surface area contributed by atoms with Crippen LogP contribution in [0.3, 0.4) is 0 Å². The van der Waals surface area contributed by atoms with Crippen molar-refractivity contribution >= 4 is 39.5 Å². The zero-order valence-corrected chi connectivity index (χ0v) is 63.4. The number of phosphoric ester groups is 2. The van der Waals surface area contributed by atoms with E-state index in [1.54, 1.807) is 0 Å². The molecule has 3 unspecified atom stereocenters. The van der Waals surface area contributed by atoms with E-state index in [4.69, 9.17) is 37.0 Å². The SMILES string of the molecule is CCC(C)CCCCCCCCC(=O)OC[C@H](COP(=O)(O)OC[C@H](O)COP(=O)(O)OC[C@@H](COC(=O)CCCCCCCCCCCCCCCCCC(C)C)OC(=O)CCCCCCCCCCCCCCC(C)C)OC(=O)CCCCCCCCCCC(C)C. The van der Waals surface area contributed by atoms with Crippen LogP contribution in [0, 0.1) is 23.7 Å². The van der Waals surface area contributed by atoms with Gasteiger partial charge in [0, 0.05) is 25.7 Å². The molecule has 17 nitrogen and oxygen atoms in total. The first-order valence-electron chi connectivity index (χ1n) is 38.7. The van der Waals surface area contributed by atoms with Gasteiger partial charge in [-0.15, -0.1) is 0 Å². The molecular formula is C75H146O17P2. The number of unbranched alkanes of at least 4 members (excludes halogenated alkanes) is 37. The number of hydrogen-bond donors (Lipinski definition) is 3. The summed E-state index contributed by atoms with van der Waals surface area (Å²) in [5.41, 5.74) is 0. The summed E-state index contributed by atoms with van der Waals surface area (Å²) in [4.78, 5) is 72.7. The van der Waals surface area contributed by atoms with Crippen molar-refractivity contribution in [2.45, 2.75) is 395 Å². The standard InChI is InChI=1S/C75H146O17P2/c1-9-68(8)54-46-38-33-34-40-48-56-73(78)86-62-71(92-75(80)58-50-42-32-26-25-29-37-45-53-67(6)7)64-90-94(83,84)88-60-69(76)59-87-93(81,82)89-63-70(91-74(79)57-49-41-31-24-20-16-15-18-22-28-36-44-52-66(4)5)61-85-72(77)55-47-39-30-23-19-14-12-10-11-13-17-21-27-35-43-51-65(2)3/h65-71,76H,9-64H2,1-8H3,(H,81,82)(H,83,84)/t68?,69-,70-,71-/m1/s1. The van der Waals surface area contributed by atoms with Crippen LogP contribution < -0.4 is 0 Å². The summed E-state index contributed by atoms with van der Waals surface area (Å²) in [5, 5.41) is 10.6. The molecule has 0 aliphatic heterocycles. The van der Waals surface area contributed by atoms with Gasteiger partial charge in [0.05, 0.1) is 26.4 Å². The molecule has 0 bridgehead atoms. The number of ether oxygens (including phenoxy) is 4. The minimum absolute atomic E-state index is 0.103. The van der Waals surface area contributed by atoms with E-state index < -0.39 is 97.5 Å². The highest BCUT2D eigenvalue weighted by Gasteiger charge is 2.30. The van der Waals surface area contributed by atoms with Crippen molar-refractivity contribution in [3.8, 4) is 0 Å². The molecule has 0 fully saturated rings. The monoisotopic (exact) mass is 1380 g/mol. The summed E-state index contributed by atoms with van der Waals surface area (Å²) in [6, 6.07) is 0. The molecule has 0 aromatic heterocycles. The Kier molecular flexibility index (Phi) is 63.1. The molecule has 0 aliphatic rings. The first-order chi connectivity index (χ1) is 45.1. The van der Waals surface area contributed by atoms with Crippen LogP contribution in [0.5, 0.6) is 0 Å². The lowest BCUT2D eigenvalue weighted by Gasteiger charge is -2.21. The molecule has 0 heterocycles. The van der Waals surface area contributed by atoms with E-state index >= 15 is 0 Å². The van der Waals surface area contributed by atoms with Crippen LogP contribution in [0.2, 0.25) is 0 Å². The second kappa shape index (κ2) is 64.4. The molecule has 0 radical (unpaired) electrons. The molecule has 19 heteroatoms. The van der Waals surface area contributed by atoms with E-state index in [-0.39, 0.29) is 25.7 Å². The van der Waals surface area contributed by atoms with E-state index in [1.165, 1.54) is 173 Å². The Bertz CT molecular complexity index is 1850. The zero-order chi connectivity index (χ0) is 69.6. The Hall–Kier alpha value is -1.94. The lowest BCUT2D eigenvalue weighted by atomic mass is 10.00. The van der Waals surface area contributed by atoms with Crippen LogP contribution in [0.15, 0.2) is 0 Å². The summed E-state index contributed by atoms with van der Waals surface area (Å²) in [5.74, 6) is 0.908. The minimum Gasteiger partial charge on any atom is -0.462 e. The zero-order valence-electron chi connectivity index (χ0n) is 61.6. The number of carbonyl (C=O) groups is 4. The van der Waals surface area contributed by atoms with Crippen LogP contribution in [0.25, 0.3) is 0 Å². The average molecular weight is 1380 g/mol. The van der Waals surface area contributed by atoms with Crippen LogP contribution in [0.1, 0.15) is 376 Å². The van der Waals surface area contributed by atoms with Gasteiger partial charge in [-0.3, -0.25) is 37.3 Å². The maximum atomic E-state index is 13.1. The van der Waals surface area contributed by atoms with E-state index in [0.717, 1.165) is 120 Å². The van der Waals surface area contributed by atoms with Gasteiger partial charge in [0.1, 0.15) is 19.3 Å². The fourth-order valence-electron chi connectivity index (χ4n) is 11.3. The van der Waals surface area contributed by atoms with Gasteiger partial charge < -0.3 is 33.8 Å². The third-order valence-electron chi connectivity index (χ3n) is 17.7. The van der Waals surface area contributed by atoms with Gasteiger partial charge in [-0.1, -0.05) is 325 Å². The molecule has 0 spiro atoms. The molecule has 0 saturated carbocycles. The van der Waals surface area contributed by atoms with Gasteiger partial charge in [0.15, 0.2) is 12.2 Å². The van der Waals surface area contributed by atoms with Gasteiger partial charge >= 0.3 is 39.5 Å². The fraction of sp³-hybridized carbons (Fsp3) is 0.947. The summed E-state index contributed by atoms with van der Waals surface area (Å²) in [7, 11) is -9.91. The molecular weight excluding hydrogens is 1230 g/mol. The molecule has 6 atom stereocenters. The van der Waals surface area contributed by atoms with Crippen LogP contribution in [-0.4, -0.2) is 96.7 Å². The molecule has 0 aromatic rings. The first kappa shape index (κ1) is 92.1. The number of aliphatic hydroxyl groups excluding tert-OH is 1. The molecule has 0 amide bonds. The number of rotatable bonds is 72. The summed E-state index contributed by atoms with van der Waals surface area (Å²) in [6.45, 7) is 14.1. The largest absolute Gasteiger partial charge is 0.472 e. The van der Waals surface area contributed by atoms with Crippen LogP contribution in [0.4, 0.5) is 0 Å². The Morgan fingerprint density at radius 1 is 0.298 bits per heavy atom. The second-order valence-electron chi connectivity index (χ2n) is 28.7. The van der Waals surface area contributed by atoms with Gasteiger partial charge in [-0.05, 0) is 49.4 Å². The van der Waals surface area contributed by atoms with Crippen molar-refractivity contribution in [3.05, 3.63) is 0 Å². The fourth-order valence-corrected chi connectivity index (χ4v) is 12.9. The van der Waals surface area contributed by atoms with Crippen LogP contribution >= 0.6 is 15.6 Å². The van der Waals surface area contributed by atoms with Gasteiger partial charge in [0.2, 0.25) is 0 Å². The van der Waals surface area contributed by atoms with Gasteiger partial charge in [-0.2, -0.15) is 0 Å². The molecule has 3 N–H and O–H groups in total. The summed E-state index contributed by atoms with van der Waals surface area (Å²) in [6.07, 6.45) is 48.7. The van der Waals surface area contributed by atoms with Gasteiger partial charge in [0.25, 0.3) is 0 Å². The van der Waals surface area contributed by atoms with Gasteiger partial charge in [-0.25, -0.2) is 9.13 Å². The highest BCUT2D eigenvalue weighted by atomic mass is 31.2. The van der Waals surface area contributed by atoms with Crippen molar-refractivity contribution in [1.82, 2.24) is 0 Å². The van der Waals surface area contributed by atoms with E-state index in [9.17, 15) is 43.2 Å². The summed E-state index contributed by atoms with van der Waals surface area (Å²) >= 11 is 0. The van der Waals surface area contributed by atoms with Crippen molar-refractivity contribution < 1.29 is 80.2 Å². The number of esters is 4. The molecule has 0 rings (SSSR count). The number of aliphatic hydroxyl groups is 1. The molecule has 94 heavy (non-hydrogen) atoms. The van der Waals surface area contributed by atoms with E-state index in [0.29, 0.717) is 25.7 Å². The van der Waals surface area contributed by atoms with E-state index in [2.05, 4.69) is 55.4 Å². The third kappa shape index (κ3) is 67.3. The predicted octanol–water partition coefficient (Wildman–Crippen LogP) is 21.7. The Balaban J connectivity index is 5.24. The molecule has 0 aromatic carbocycles. The molecule has 0 aliphatic carbocycles. The van der Waals surface area contributed by atoms with Crippen molar-refractivity contribution in [1.29, 1.82) is 0 Å². The lowest BCUT2D eigenvalue weighted by molar-refractivity contribution is -0.161. The third-order valence-corrected chi connectivity index (χ3v) is 19.6. The molecule has 558 valence electrons. The predicted molar refractivity (Wildman–Crippen MR) is 381 cm³/mol. The second-order valence-corrected chi connectivity index (χ2v) is 31.6. The Morgan fingerprint density at radius 2 is 0.511 bits per heavy atom. The summed E-state index contributed by atoms with van der Waals surface area (Å²) < 4.78 is 68.5. The highest BCUT2D eigenvalue weighted by Crippen LogP contribution is 2.45. The number of carbonyl (C=O) groups excluding carboxylic acids is 4. The smallest absolute Gasteiger partial charge is 0.462 e. The maximum Gasteiger partial charge on any atom is 0.472 e. The number of phosphoric acid groups is 2. The van der Waals surface area contributed by atoms with Crippen molar-refractivity contribution in [2.24, 2.45) is 23.7 Å². The quantitative estimate of drug-likeness (QED) is 0.0222. The normalized spacial score (nSPS) is 14.4. The van der Waals surface area contributed by atoms with Crippen molar-refractivity contribution in [2.75, 3.05) is 39.6 Å². The average Bonchev–Trinajstić information content (AvgIpc) is 1.08. The first-order valence-corrected chi connectivity index (χ1v) is 41.7. The van der Waals surface area contributed by atoms with E-state index in [1.807, 2.05) is 0 Å². The highest BCUT2D eigenvalue weighted by molar-refractivity contribution is 7.47. The topological polar surface area (TPSA) is 237 Å². The van der Waals surface area contributed by atoms with Crippen LogP contribution in [-0.2, 0) is 65.4 Å². The Labute approximate surface area is 575 Å². The minimum atomic E-state index is -4.96. The lowest BCUT2D eigenvalue weighted by Crippen LogP contribution is -2.30. The maximum absolute atomic E-state index is 13.1. The molecule has 0 saturated heterocycles.